The maximum absolute atomic E-state index is 12.6. The minimum absolute atomic E-state index is 0.111. The van der Waals surface area contributed by atoms with Crippen molar-refractivity contribution in [3.05, 3.63) is 62.6 Å². The molecule has 0 fully saturated rings. The van der Waals surface area contributed by atoms with E-state index in [1.165, 1.54) is 16.4 Å². The Labute approximate surface area is 172 Å². The number of nitrogens with one attached hydrogen (secondary N) is 1. The Hall–Kier alpha value is -2.30. The molecule has 0 atom stereocenters. The van der Waals surface area contributed by atoms with E-state index in [1.54, 1.807) is 20.8 Å². The van der Waals surface area contributed by atoms with E-state index in [0.717, 1.165) is 16.1 Å². The predicted octanol–water partition coefficient (Wildman–Crippen LogP) is 4.22. The highest BCUT2D eigenvalue weighted by Gasteiger charge is 2.25. The van der Waals surface area contributed by atoms with Crippen LogP contribution in [-0.2, 0) is 10.0 Å². The lowest BCUT2D eigenvalue weighted by atomic mass is 10.1. The zero-order chi connectivity index (χ0) is 20.9. The number of nitro groups is 1. The Morgan fingerprint density at radius 1 is 1.18 bits per heavy atom. The summed E-state index contributed by atoms with van der Waals surface area (Å²) in [4.78, 5) is 10.7. The fourth-order valence-electron chi connectivity index (χ4n) is 2.53. The molecule has 2 aromatic carbocycles. The van der Waals surface area contributed by atoms with Crippen LogP contribution in [-0.4, -0.2) is 36.4 Å². The molecule has 1 N–H and O–H groups in total. The van der Waals surface area contributed by atoms with E-state index in [2.05, 4.69) is 26.5 Å². The fraction of sp³-hybridized carbons (Fsp3) is 0.278. The van der Waals surface area contributed by atoms with Crippen molar-refractivity contribution >= 4 is 43.0 Å². The monoisotopic (exact) mass is 468 g/mol. The minimum atomic E-state index is -3.79. The summed E-state index contributed by atoms with van der Waals surface area (Å²) in [6.07, 6.45) is 0. The number of halogens is 1. The van der Waals surface area contributed by atoms with Crippen molar-refractivity contribution in [3.63, 3.8) is 0 Å². The van der Waals surface area contributed by atoms with Crippen LogP contribution in [0.2, 0.25) is 0 Å². The van der Waals surface area contributed by atoms with Crippen LogP contribution in [0.5, 0.6) is 0 Å². The second-order valence-corrected chi connectivity index (χ2v) is 8.69. The number of benzene rings is 2. The molecule has 2 rings (SSSR count). The molecule has 0 aliphatic carbocycles. The Morgan fingerprint density at radius 2 is 1.79 bits per heavy atom. The lowest BCUT2D eigenvalue weighted by Crippen LogP contribution is -2.30. The number of hydrogen-bond acceptors (Lipinski definition) is 6. The molecule has 0 saturated carbocycles. The van der Waals surface area contributed by atoms with Crippen molar-refractivity contribution in [2.45, 2.75) is 25.7 Å². The van der Waals surface area contributed by atoms with Gasteiger partial charge in [0.2, 0.25) is 10.0 Å². The maximum Gasteiger partial charge on any atom is 0.295 e. The van der Waals surface area contributed by atoms with Crippen molar-refractivity contribution in [2.75, 3.05) is 18.5 Å². The number of nitro benzene ring substituents is 1. The van der Waals surface area contributed by atoms with E-state index in [4.69, 9.17) is 0 Å². The number of hydrogen-bond donors (Lipinski definition) is 1. The Bertz CT molecular complexity index is 987. The standard InChI is InChI=1S/C18H21BrN4O4S/c1-4-22(5-2)28(26,27)16-10-11-17(18(12-16)23(24)25)21-20-13(3)14-6-8-15(19)9-7-14/h6-12,21H,4-5H2,1-3H3/b20-13+. The highest BCUT2D eigenvalue weighted by atomic mass is 79.9. The van der Waals surface area contributed by atoms with Gasteiger partial charge in [-0.15, -0.1) is 0 Å². The molecular formula is C18H21BrN4O4S. The highest BCUT2D eigenvalue weighted by molar-refractivity contribution is 9.10. The van der Waals surface area contributed by atoms with E-state index in [-0.39, 0.29) is 29.4 Å². The number of anilines is 1. The third-order valence-corrected chi connectivity index (χ3v) is 6.69. The van der Waals surface area contributed by atoms with Crippen molar-refractivity contribution < 1.29 is 13.3 Å². The van der Waals surface area contributed by atoms with Crippen LogP contribution >= 0.6 is 15.9 Å². The average Bonchev–Trinajstić information content (AvgIpc) is 2.67. The van der Waals surface area contributed by atoms with Gasteiger partial charge in [0, 0.05) is 23.6 Å². The SMILES string of the molecule is CCN(CC)S(=O)(=O)c1ccc(N/N=C(\C)c2ccc(Br)cc2)c([N+](=O)[O-])c1. The van der Waals surface area contributed by atoms with E-state index < -0.39 is 14.9 Å². The summed E-state index contributed by atoms with van der Waals surface area (Å²) < 4.78 is 27.4. The van der Waals surface area contributed by atoms with Gasteiger partial charge in [0.05, 0.1) is 15.5 Å². The molecule has 0 aliphatic heterocycles. The lowest BCUT2D eigenvalue weighted by molar-refractivity contribution is -0.384. The molecule has 0 unspecified atom stereocenters. The summed E-state index contributed by atoms with van der Waals surface area (Å²) in [5, 5.41) is 15.6. The first-order chi connectivity index (χ1) is 13.2. The first kappa shape index (κ1) is 22.0. The van der Waals surface area contributed by atoms with E-state index in [1.807, 2.05) is 24.3 Å². The lowest BCUT2D eigenvalue weighted by Gasteiger charge is -2.18. The van der Waals surface area contributed by atoms with Crippen molar-refractivity contribution in [2.24, 2.45) is 5.10 Å². The van der Waals surface area contributed by atoms with Gasteiger partial charge in [-0.05, 0) is 36.8 Å². The van der Waals surface area contributed by atoms with Gasteiger partial charge in [-0.2, -0.15) is 9.41 Å². The number of nitrogens with zero attached hydrogens (tertiary/aromatic N) is 3. The molecule has 0 spiro atoms. The molecule has 0 saturated heterocycles. The van der Waals surface area contributed by atoms with Crippen LogP contribution in [0, 0.1) is 10.1 Å². The summed E-state index contributed by atoms with van der Waals surface area (Å²) >= 11 is 3.36. The summed E-state index contributed by atoms with van der Waals surface area (Å²) in [5.41, 5.74) is 3.89. The Balaban J connectivity index is 2.37. The molecule has 8 nitrogen and oxygen atoms in total. The molecule has 0 heterocycles. The molecule has 150 valence electrons. The van der Waals surface area contributed by atoms with Crippen LogP contribution in [0.4, 0.5) is 11.4 Å². The average molecular weight is 469 g/mol. The summed E-state index contributed by atoms with van der Waals surface area (Å²) in [5.74, 6) is 0. The van der Waals surface area contributed by atoms with Gasteiger partial charge < -0.3 is 0 Å². The first-order valence-corrected chi connectivity index (χ1v) is 10.8. The number of rotatable bonds is 8. The molecule has 2 aromatic rings. The Kier molecular flexibility index (Phi) is 7.28. The smallest absolute Gasteiger partial charge is 0.271 e. The molecule has 10 heteroatoms. The van der Waals surface area contributed by atoms with Gasteiger partial charge in [0.25, 0.3) is 5.69 Å². The number of sulfonamides is 1. The van der Waals surface area contributed by atoms with Gasteiger partial charge in [-0.25, -0.2) is 8.42 Å². The normalized spacial score (nSPS) is 12.2. The molecule has 0 aliphatic rings. The first-order valence-electron chi connectivity index (χ1n) is 8.55. The molecule has 0 aromatic heterocycles. The van der Waals surface area contributed by atoms with Crippen LogP contribution < -0.4 is 5.43 Å². The molecule has 0 amide bonds. The van der Waals surface area contributed by atoms with Gasteiger partial charge in [-0.1, -0.05) is 41.9 Å². The van der Waals surface area contributed by atoms with Crippen molar-refractivity contribution in [3.8, 4) is 0 Å². The summed E-state index contributed by atoms with van der Waals surface area (Å²) in [6.45, 7) is 5.75. The third kappa shape index (κ3) is 4.94. The zero-order valence-electron chi connectivity index (χ0n) is 15.7. The summed E-state index contributed by atoms with van der Waals surface area (Å²) in [7, 11) is -3.79. The topological polar surface area (TPSA) is 105 Å². The van der Waals surface area contributed by atoms with Crippen molar-refractivity contribution in [1.82, 2.24) is 4.31 Å². The number of hydrazone groups is 1. The van der Waals surface area contributed by atoms with E-state index in [0.29, 0.717) is 5.71 Å². The van der Waals surface area contributed by atoms with Crippen LogP contribution in [0.1, 0.15) is 26.3 Å². The van der Waals surface area contributed by atoms with Crippen molar-refractivity contribution in [1.29, 1.82) is 0 Å². The quantitative estimate of drug-likeness (QED) is 0.354. The fourth-order valence-corrected chi connectivity index (χ4v) is 4.27. The Morgan fingerprint density at radius 3 is 2.32 bits per heavy atom. The van der Waals surface area contributed by atoms with Crippen LogP contribution in [0.3, 0.4) is 0 Å². The van der Waals surface area contributed by atoms with E-state index in [9.17, 15) is 18.5 Å². The van der Waals surface area contributed by atoms with Gasteiger partial charge >= 0.3 is 0 Å². The van der Waals surface area contributed by atoms with E-state index >= 15 is 0 Å². The second kappa shape index (κ2) is 9.26. The largest absolute Gasteiger partial charge is 0.295 e. The maximum atomic E-state index is 12.6. The van der Waals surface area contributed by atoms with Gasteiger partial charge in [-0.3, -0.25) is 15.5 Å². The van der Waals surface area contributed by atoms with Crippen LogP contribution in [0.25, 0.3) is 0 Å². The summed E-state index contributed by atoms with van der Waals surface area (Å²) in [6, 6.07) is 11.2. The molecule has 0 radical (unpaired) electrons. The zero-order valence-corrected chi connectivity index (χ0v) is 18.1. The second-order valence-electron chi connectivity index (χ2n) is 5.84. The molecular weight excluding hydrogens is 448 g/mol. The van der Waals surface area contributed by atoms with Gasteiger partial charge in [0.15, 0.2) is 0 Å². The highest BCUT2D eigenvalue weighted by Crippen LogP contribution is 2.29. The predicted molar refractivity (Wildman–Crippen MR) is 113 cm³/mol. The molecule has 28 heavy (non-hydrogen) atoms. The third-order valence-electron chi connectivity index (χ3n) is 4.12. The van der Waals surface area contributed by atoms with Crippen LogP contribution in [0.15, 0.2) is 56.9 Å². The van der Waals surface area contributed by atoms with Gasteiger partial charge in [0.1, 0.15) is 5.69 Å². The molecule has 0 bridgehead atoms. The minimum Gasteiger partial charge on any atom is -0.271 e.